The van der Waals surface area contributed by atoms with E-state index in [1.54, 1.807) is 0 Å². The number of anilines is 1. The average molecular weight is 306 g/mol. The summed E-state index contributed by atoms with van der Waals surface area (Å²) < 4.78 is 32.4. The van der Waals surface area contributed by atoms with E-state index in [0.29, 0.717) is 11.3 Å². The molecule has 0 unspecified atom stereocenters. The van der Waals surface area contributed by atoms with Gasteiger partial charge < -0.3 is 10.3 Å². The summed E-state index contributed by atoms with van der Waals surface area (Å²) in [6, 6.07) is 5.32. The summed E-state index contributed by atoms with van der Waals surface area (Å²) in [7, 11) is 0. The minimum absolute atomic E-state index is 0.0889. The lowest BCUT2D eigenvalue weighted by atomic mass is 10.0. The van der Waals surface area contributed by atoms with Crippen molar-refractivity contribution in [1.82, 2.24) is 5.16 Å². The molecule has 3 rings (SSSR count). The molecule has 0 radical (unpaired) electrons. The van der Waals surface area contributed by atoms with Gasteiger partial charge in [0.05, 0.1) is 10.4 Å². The van der Waals surface area contributed by atoms with Gasteiger partial charge in [-0.3, -0.25) is 0 Å². The molecule has 2 N–H and O–H groups in total. The second-order valence-corrected chi connectivity index (χ2v) is 5.44. The number of benzene rings is 1. The third-order valence-corrected chi connectivity index (χ3v) is 4.21. The molecule has 21 heavy (non-hydrogen) atoms. The fourth-order valence-electron chi connectivity index (χ4n) is 2.22. The summed E-state index contributed by atoms with van der Waals surface area (Å²) in [5, 5.41) is 5.67. The van der Waals surface area contributed by atoms with E-state index in [1.807, 2.05) is 18.4 Å². The number of halogens is 2. The molecule has 1 aromatic carbocycles. The van der Waals surface area contributed by atoms with Gasteiger partial charge in [-0.15, -0.1) is 11.3 Å². The molecular formula is C15H12F2N2OS. The molecular weight excluding hydrogens is 294 g/mol. The maximum Gasteiger partial charge on any atom is 0.187 e. The highest BCUT2D eigenvalue weighted by atomic mass is 32.1. The number of aromatic nitrogens is 1. The van der Waals surface area contributed by atoms with Crippen molar-refractivity contribution in [1.29, 1.82) is 0 Å². The summed E-state index contributed by atoms with van der Waals surface area (Å²) >= 11 is 1.47. The summed E-state index contributed by atoms with van der Waals surface area (Å²) in [6.07, 6.45) is 0.810. The molecule has 0 atom stereocenters. The molecule has 0 saturated heterocycles. The van der Waals surface area contributed by atoms with Gasteiger partial charge >= 0.3 is 0 Å². The molecule has 0 bridgehead atoms. The normalized spacial score (nSPS) is 11.0. The van der Waals surface area contributed by atoms with Crippen LogP contribution < -0.4 is 5.73 Å². The van der Waals surface area contributed by atoms with E-state index < -0.39 is 11.6 Å². The Kier molecular flexibility index (Phi) is 3.47. The van der Waals surface area contributed by atoms with Gasteiger partial charge in [0, 0.05) is 11.6 Å². The molecule has 0 aliphatic heterocycles. The van der Waals surface area contributed by atoms with E-state index in [9.17, 15) is 8.78 Å². The van der Waals surface area contributed by atoms with Crippen LogP contribution >= 0.6 is 11.3 Å². The predicted octanol–water partition coefficient (Wildman–Crippen LogP) is 4.49. The van der Waals surface area contributed by atoms with Gasteiger partial charge in [-0.2, -0.15) is 0 Å². The first-order valence-electron chi connectivity index (χ1n) is 6.39. The van der Waals surface area contributed by atoms with Gasteiger partial charge in [0.15, 0.2) is 11.6 Å². The molecule has 2 aromatic heterocycles. The monoisotopic (exact) mass is 306 g/mol. The quantitative estimate of drug-likeness (QED) is 0.775. The van der Waals surface area contributed by atoms with Crippen LogP contribution in [0.2, 0.25) is 0 Å². The Labute approximate surface area is 124 Å². The lowest BCUT2D eigenvalue weighted by Gasteiger charge is -2.04. The molecule has 0 amide bonds. The molecule has 6 heteroatoms. The summed E-state index contributed by atoms with van der Waals surface area (Å²) in [4.78, 5) is 0.862. The Morgan fingerprint density at radius 2 is 2.10 bits per heavy atom. The zero-order chi connectivity index (χ0) is 15.0. The number of hydrogen-bond donors (Lipinski definition) is 1. The van der Waals surface area contributed by atoms with Gasteiger partial charge in [-0.1, -0.05) is 12.1 Å². The second kappa shape index (κ2) is 5.29. The zero-order valence-electron chi connectivity index (χ0n) is 11.2. The highest BCUT2D eigenvalue weighted by molar-refractivity contribution is 7.13. The number of rotatable bonds is 3. The molecule has 0 saturated carbocycles. The largest absolute Gasteiger partial charge is 0.380 e. The first kappa shape index (κ1) is 13.8. The Bertz CT molecular complexity index is 795. The maximum atomic E-state index is 14.0. The Morgan fingerprint density at radius 1 is 1.29 bits per heavy atom. The van der Waals surface area contributed by atoms with E-state index >= 15 is 0 Å². The van der Waals surface area contributed by atoms with Gasteiger partial charge in [0.25, 0.3) is 0 Å². The van der Waals surface area contributed by atoms with Crippen molar-refractivity contribution in [3.8, 4) is 21.8 Å². The fourth-order valence-corrected chi connectivity index (χ4v) is 3.20. The van der Waals surface area contributed by atoms with Crippen molar-refractivity contribution < 1.29 is 13.3 Å². The summed E-state index contributed by atoms with van der Waals surface area (Å²) in [5.41, 5.74) is 7.43. The standard InChI is InChI=1S/C15H12F2N2OS/c1-2-8-5-6-21-14(8)13-12(15(18)19-20-13)10-4-3-9(16)7-11(10)17/h3-7H,2H2,1H3,(H2,18,19). The van der Waals surface area contributed by atoms with E-state index in [1.165, 1.54) is 23.5 Å². The molecule has 3 aromatic rings. The van der Waals surface area contributed by atoms with Crippen molar-refractivity contribution in [2.45, 2.75) is 13.3 Å². The minimum Gasteiger partial charge on any atom is -0.380 e. The van der Waals surface area contributed by atoms with Gasteiger partial charge in [-0.05, 0) is 35.6 Å². The number of nitrogens with zero attached hydrogens (tertiary/aromatic N) is 1. The predicted molar refractivity (Wildman–Crippen MR) is 79.0 cm³/mol. The second-order valence-electron chi connectivity index (χ2n) is 4.52. The Morgan fingerprint density at radius 3 is 2.81 bits per heavy atom. The topological polar surface area (TPSA) is 52.0 Å². The van der Waals surface area contributed by atoms with Gasteiger partial charge in [0.2, 0.25) is 0 Å². The smallest absolute Gasteiger partial charge is 0.187 e. The number of aryl methyl sites for hydroxylation is 1. The third-order valence-electron chi connectivity index (χ3n) is 3.25. The number of nitrogen functional groups attached to an aromatic ring is 1. The van der Waals surface area contributed by atoms with Crippen molar-refractivity contribution >= 4 is 17.2 Å². The fraction of sp³-hybridized carbons (Fsp3) is 0.133. The lowest BCUT2D eigenvalue weighted by molar-refractivity contribution is 0.436. The highest BCUT2D eigenvalue weighted by Crippen LogP contribution is 2.41. The number of nitrogens with two attached hydrogens (primary N) is 1. The van der Waals surface area contributed by atoms with Crippen LogP contribution in [0.3, 0.4) is 0 Å². The van der Waals surface area contributed by atoms with Crippen molar-refractivity contribution in [3.63, 3.8) is 0 Å². The van der Waals surface area contributed by atoms with Crippen LogP contribution in [-0.2, 0) is 6.42 Å². The summed E-state index contributed by atoms with van der Waals surface area (Å²) in [6.45, 7) is 2.02. The lowest BCUT2D eigenvalue weighted by Crippen LogP contribution is -1.92. The zero-order valence-corrected chi connectivity index (χ0v) is 12.0. The Hall–Kier alpha value is -2.21. The van der Waals surface area contributed by atoms with E-state index in [-0.39, 0.29) is 11.4 Å². The van der Waals surface area contributed by atoms with Gasteiger partial charge in [-0.25, -0.2) is 8.78 Å². The SMILES string of the molecule is CCc1ccsc1-c1onc(N)c1-c1ccc(F)cc1F. The van der Waals surface area contributed by atoms with Crippen LogP contribution in [0.25, 0.3) is 21.8 Å². The van der Waals surface area contributed by atoms with Crippen LogP contribution in [0, 0.1) is 11.6 Å². The van der Waals surface area contributed by atoms with Crippen molar-refractivity contribution in [2.75, 3.05) is 5.73 Å². The molecule has 0 fully saturated rings. The van der Waals surface area contributed by atoms with Crippen LogP contribution in [0.15, 0.2) is 34.2 Å². The van der Waals surface area contributed by atoms with E-state index in [4.69, 9.17) is 10.3 Å². The molecule has 0 spiro atoms. The molecule has 0 aliphatic rings. The van der Waals surface area contributed by atoms with Crippen molar-refractivity contribution in [2.24, 2.45) is 0 Å². The van der Waals surface area contributed by atoms with E-state index in [2.05, 4.69) is 5.16 Å². The number of hydrogen-bond acceptors (Lipinski definition) is 4. The highest BCUT2D eigenvalue weighted by Gasteiger charge is 2.23. The first-order valence-corrected chi connectivity index (χ1v) is 7.27. The Balaban J connectivity index is 2.22. The molecule has 108 valence electrons. The average Bonchev–Trinajstić information content (AvgIpc) is 3.05. The first-order chi connectivity index (χ1) is 10.1. The summed E-state index contributed by atoms with van der Waals surface area (Å²) in [5.74, 6) is -0.824. The third kappa shape index (κ3) is 2.31. The van der Waals surface area contributed by atoms with Crippen molar-refractivity contribution in [3.05, 3.63) is 46.8 Å². The van der Waals surface area contributed by atoms with Crippen LogP contribution in [0.4, 0.5) is 14.6 Å². The van der Waals surface area contributed by atoms with E-state index in [0.717, 1.165) is 22.9 Å². The molecule has 0 aliphatic carbocycles. The number of thiophene rings is 1. The molecule has 2 heterocycles. The van der Waals surface area contributed by atoms with Crippen LogP contribution in [0.5, 0.6) is 0 Å². The van der Waals surface area contributed by atoms with Gasteiger partial charge in [0.1, 0.15) is 11.6 Å². The van der Waals surface area contributed by atoms with Crippen LogP contribution in [0.1, 0.15) is 12.5 Å². The maximum absolute atomic E-state index is 14.0. The minimum atomic E-state index is -0.694. The van der Waals surface area contributed by atoms with Crippen LogP contribution in [-0.4, -0.2) is 5.16 Å². The molecule has 3 nitrogen and oxygen atoms in total.